The molecule has 4 fully saturated rings. The number of carbonyl (C=O) groups excluding carboxylic acids is 1. The molecule has 0 aromatic rings. The van der Waals surface area contributed by atoms with Crippen LogP contribution in [0.25, 0.3) is 0 Å². The number of Topliss-reactive ketones (excluding diaryl/α,β-unsaturated/α-hetero) is 1. The van der Waals surface area contributed by atoms with Crippen molar-refractivity contribution in [3.05, 3.63) is 0 Å². The zero-order chi connectivity index (χ0) is 23.8. The van der Waals surface area contributed by atoms with Crippen molar-refractivity contribution in [1.82, 2.24) is 15.1 Å². The van der Waals surface area contributed by atoms with E-state index in [1.54, 1.807) is 14.2 Å². The van der Waals surface area contributed by atoms with Crippen LogP contribution < -0.4 is 0 Å². The van der Waals surface area contributed by atoms with E-state index < -0.39 is 21.3 Å². The maximum atomic E-state index is 11.8. The lowest BCUT2D eigenvalue weighted by Gasteiger charge is -2.49. The Kier molecular flexibility index (Phi) is 7.70. The Bertz CT molecular complexity index is 775. The molecule has 0 spiro atoms. The number of hydrogen-bond acceptors (Lipinski definition) is 10. The first-order valence-electron chi connectivity index (χ1n) is 11.1. The molecule has 0 amide bonds. The minimum Gasteiger partial charge on any atom is -0.748 e. The molecule has 2 aliphatic carbocycles. The zero-order valence-corrected chi connectivity index (χ0v) is 20.7. The number of ether oxygens (including phenoxy) is 1. The van der Waals surface area contributed by atoms with E-state index in [2.05, 4.69) is 12.1 Å². The molecule has 4 rings (SSSR count). The molecule has 2 unspecified atom stereocenters. The summed E-state index contributed by atoms with van der Waals surface area (Å²) in [7, 11) is 1.29. The Balaban J connectivity index is 0.000000182. The SMILES string of the molecule is CC1(C)C2CCC1(CS(=O)(=O)[O-])C(=O)C2.CON1CN(OC)CN([N+]2(C)CCOCC2)C1. The van der Waals surface area contributed by atoms with Crippen molar-refractivity contribution in [2.45, 2.75) is 33.1 Å². The molecule has 0 aromatic heterocycles. The number of likely N-dealkylation sites (N-methyl/N-ethyl adjacent to an activating group) is 1. The molecule has 2 bridgehead atoms. The second-order valence-corrected chi connectivity index (χ2v) is 11.4. The van der Waals surface area contributed by atoms with Crippen LogP contribution in [0.5, 0.6) is 0 Å². The molecular weight excluding hydrogens is 440 g/mol. The number of ketones is 1. The first-order valence-corrected chi connectivity index (χ1v) is 12.7. The van der Waals surface area contributed by atoms with Crippen LogP contribution in [0.4, 0.5) is 0 Å². The molecule has 2 saturated carbocycles. The van der Waals surface area contributed by atoms with Crippen LogP contribution in [0.2, 0.25) is 0 Å². The van der Waals surface area contributed by atoms with E-state index in [0.29, 0.717) is 19.5 Å². The third kappa shape index (κ3) is 5.03. The van der Waals surface area contributed by atoms with Crippen molar-refractivity contribution < 1.29 is 36.8 Å². The summed E-state index contributed by atoms with van der Waals surface area (Å²) < 4.78 is 39.0. The van der Waals surface area contributed by atoms with Crippen molar-refractivity contribution in [3.8, 4) is 0 Å². The van der Waals surface area contributed by atoms with Crippen LogP contribution in [-0.4, -0.2) is 112 Å². The van der Waals surface area contributed by atoms with Gasteiger partial charge in [-0.3, -0.25) is 14.5 Å². The Morgan fingerprint density at radius 1 is 1.12 bits per heavy atom. The topological polar surface area (TPSA) is 112 Å². The molecular formula is C20H38N4O7S. The number of carbonyl (C=O) groups is 1. The molecule has 0 N–H and O–H groups in total. The van der Waals surface area contributed by atoms with E-state index in [1.165, 1.54) is 0 Å². The highest BCUT2D eigenvalue weighted by Crippen LogP contribution is 2.64. The standard InChI is InChI=1S/C10H23N4O3.C10H16O4S/c1-14(4-6-17-7-5-14)11-8-12(15-2)10-13(9-11)16-3;1-9(2)7-3-4-10(9,8(11)5-7)6-15(12,13)14/h4-10H2,1-3H3;7H,3-6H2,1-2H3,(H,12,13,14)/q+1;/p-1. The summed E-state index contributed by atoms with van der Waals surface area (Å²) >= 11 is 0. The van der Waals surface area contributed by atoms with Gasteiger partial charge in [-0.05, 0) is 24.2 Å². The summed E-state index contributed by atoms with van der Waals surface area (Å²) in [5.41, 5.74) is -1.22. The van der Waals surface area contributed by atoms with Gasteiger partial charge in [0.2, 0.25) is 0 Å². The number of hydroxylamine groups is 4. The minimum absolute atomic E-state index is 0.0248. The third-order valence-corrected chi connectivity index (χ3v) is 9.00. The smallest absolute Gasteiger partial charge is 0.140 e. The monoisotopic (exact) mass is 478 g/mol. The van der Waals surface area contributed by atoms with E-state index in [9.17, 15) is 17.8 Å². The van der Waals surface area contributed by atoms with Crippen LogP contribution >= 0.6 is 0 Å². The van der Waals surface area contributed by atoms with Gasteiger partial charge in [0.05, 0.1) is 50.4 Å². The predicted molar refractivity (Wildman–Crippen MR) is 114 cm³/mol. The highest BCUT2D eigenvalue weighted by molar-refractivity contribution is 7.85. The first kappa shape index (κ1) is 25.9. The Morgan fingerprint density at radius 2 is 1.69 bits per heavy atom. The molecule has 11 nitrogen and oxygen atoms in total. The molecule has 2 aliphatic heterocycles. The fourth-order valence-corrected chi connectivity index (χ4v) is 6.92. The molecule has 2 atom stereocenters. The van der Waals surface area contributed by atoms with E-state index in [1.807, 2.05) is 24.0 Å². The van der Waals surface area contributed by atoms with Gasteiger partial charge in [-0.25, -0.2) is 13.0 Å². The quantitative estimate of drug-likeness (QED) is 0.402. The van der Waals surface area contributed by atoms with Crippen molar-refractivity contribution in [2.75, 3.05) is 73.3 Å². The molecule has 0 radical (unpaired) electrons. The van der Waals surface area contributed by atoms with Crippen molar-refractivity contribution in [3.63, 3.8) is 0 Å². The van der Waals surface area contributed by atoms with Gasteiger partial charge >= 0.3 is 0 Å². The number of rotatable bonds is 5. The molecule has 12 heteroatoms. The average Bonchev–Trinajstić information content (AvgIpc) is 3.07. The molecule has 4 aliphatic rings. The van der Waals surface area contributed by atoms with Crippen molar-refractivity contribution in [2.24, 2.45) is 16.7 Å². The number of fused-ring (bicyclic) bond motifs is 2. The van der Waals surface area contributed by atoms with Gasteiger partial charge in [-0.2, -0.15) is 10.1 Å². The molecule has 32 heavy (non-hydrogen) atoms. The van der Waals surface area contributed by atoms with Gasteiger partial charge in [0.25, 0.3) is 0 Å². The second kappa shape index (κ2) is 9.51. The number of quaternary nitrogens is 1. The summed E-state index contributed by atoms with van der Waals surface area (Å²) in [5.74, 6) is -0.280. The summed E-state index contributed by atoms with van der Waals surface area (Å²) in [5, 5.41) is 6.09. The lowest BCUT2D eigenvalue weighted by atomic mass is 9.70. The van der Waals surface area contributed by atoms with Crippen LogP contribution in [0.15, 0.2) is 0 Å². The highest BCUT2D eigenvalue weighted by atomic mass is 32.2. The van der Waals surface area contributed by atoms with Gasteiger partial charge in [0.15, 0.2) is 0 Å². The zero-order valence-electron chi connectivity index (χ0n) is 19.9. The normalized spacial score (nSPS) is 33.2. The molecule has 0 aromatic carbocycles. The van der Waals surface area contributed by atoms with Crippen LogP contribution in [0.1, 0.15) is 33.1 Å². The maximum Gasteiger partial charge on any atom is 0.140 e. The fraction of sp³-hybridized carbons (Fsp3) is 0.950. The minimum atomic E-state index is -4.33. The lowest BCUT2D eigenvalue weighted by Crippen LogP contribution is -2.69. The van der Waals surface area contributed by atoms with Gasteiger partial charge in [0.1, 0.15) is 38.9 Å². The Hall–Kier alpha value is -0.700. The first-order chi connectivity index (χ1) is 14.9. The van der Waals surface area contributed by atoms with Crippen LogP contribution in [-0.2, 0) is 29.3 Å². The maximum absolute atomic E-state index is 11.8. The highest BCUT2D eigenvalue weighted by Gasteiger charge is 2.64. The van der Waals surface area contributed by atoms with Gasteiger partial charge in [-0.15, -0.1) is 5.01 Å². The van der Waals surface area contributed by atoms with Crippen molar-refractivity contribution >= 4 is 15.9 Å². The summed E-state index contributed by atoms with van der Waals surface area (Å²) in [6.45, 7) is 9.69. The summed E-state index contributed by atoms with van der Waals surface area (Å²) in [4.78, 5) is 22.5. The van der Waals surface area contributed by atoms with Crippen LogP contribution in [0.3, 0.4) is 0 Å². The Labute approximate surface area is 191 Å². The molecule has 2 heterocycles. The van der Waals surface area contributed by atoms with Gasteiger partial charge in [-0.1, -0.05) is 13.8 Å². The fourth-order valence-electron chi connectivity index (χ4n) is 5.64. The van der Waals surface area contributed by atoms with Crippen molar-refractivity contribution in [1.29, 1.82) is 0 Å². The lowest BCUT2D eigenvalue weighted by molar-refractivity contribution is -1.03. The molecule has 186 valence electrons. The predicted octanol–water partition coefficient (Wildman–Crippen LogP) is 0.220. The Morgan fingerprint density at radius 3 is 2.09 bits per heavy atom. The van der Waals surface area contributed by atoms with E-state index in [-0.39, 0.29) is 17.1 Å². The summed E-state index contributed by atoms with van der Waals surface area (Å²) in [6, 6.07) is 0. The van der Waals surface area contributed by atoms with Gasteiger partial charge < -0.3 is 9.29 Å². The number of hydrogen-bond donors (Lipinski definition) is 0. The van der Waals surface area contributed by atoms with E-state index in [4.69, 9.17) is 14.4 Å². The van der Waals surface area contributed by atoms with E-state index >= 15 is 0 Å². The average molecular weight is 479 g/mol. The second-order valence-electron chi connectivity index (χ2n) is 10.0. The molecule has 2 saturated heterocycles. The van der Waals surface area contributed by atoms with E-state index in [0.717, 1.165) is 50.7 Å². The largest absolute Gasteiger partial charge is 0.748 e. The van der Waals surface area contributed by atoms with Crippen LogP contribution in [0, 0.1) is 16.7 Å². The number of nitrogens with zero attached hydrogens (tertiary/aromatic N) is 4. The summed E-state index contributed by atoms with van der Waals surface area (Å²) in [6.07, 6.45) is 1.88. The third-order valence-electron chi connectivity index (χ3n) is 8.15. The number of morpholine rings is 1. The van der Waals surface area contributed by atoms with Gasteiger partial charge in [0, 0.05) is 11.8 Å².